The quantitative estimate of drug-likeness (QED) is 0.357. The van der Waals surface area contributed by atoms with E-state index in [-0.39, 0.29) is 12.6 Å². The molecule has 0 radical (unpaired) electrons. The van der Waals surface area contributed by atoms with Crippen molar-refractivity contribution in [3.05, 3.63) is 12.2 Å². The molecule has 0 unspecified atom stereocenters. The van der Waals surface area contributed by atoms with Gasteiger partial charge in [-0.2, -0.15) is 0 Å². The molecule has 6 heteroatoms. The lowest BCUT2D eigenvalue weighted by molar-refractivity contribution is -0.139. The van der Waals surface area contributed by atoms with Crippen LogP contribution in [0.2, 0.25) is 0 Å². The summed E-state index contributed by atoms with van der Waals surface area (Å²) in [4.78, 5) is 15.7. The van der Waals surface area contributed by atoms with Gasteiger partial charge in [0, 0.05) is 11.6 Å². The SMILES string of the molecule is C=C(CC1=NCCO1)C(=O)OC[C@@H](N)CCCCN. The minimum absolute atomic E-state index is 0.150. The van der Waals surface area contributed by atoms with Crippen LogP contribution in [-0.4, -0.2) is 44.2 Å². The molecule has 0 aromatic carbocycles. The number of ether oxygens (including phenoxy) is 2. The highest BCUT2D eigenvalue weighted by atomic mass is 16.5. The van der Waals surface area contributed by atoms with Gasteiger partial charge in [-0.3, -0.25) is 4.99 Å². The van der Waals surface area contributed by atoms with Crippen LogP contribution in [-0.2, 0) is 14.3 Å². The van der Waals surface area contributed by atoms with Crippen LogP contribution < -0.4 is 11.5 Å². The van der Waals surface area contributed by atoms with E-state index in [0.717, 1.165) is 19.3 Å². The summed E-state index contributed by atoms with van der Waals surface area (Å²) < 4.78 is 10.3. The third-order valence-corrected chi connectivity index (χ3v) is 2.76. The number of carbonyl (C=O) groups excluding carboxylic acids is 1. The normalized spacial score (nSPS) is 15.6. The molecule has 1 rings (SSSR count). The molecule has 0 bridgehead atoms. The Morgan fingerprint density at radius 3 is 2.95 bits per heavy atom. The van der Waals surface area contributed by atoms with Gasteiger partial charge >= 0.3 is 5.97 Å². The van der Waals surface area contributed by atoms with Crippen molar-refractivity contribution in [3.8, 4) is 0 Å². The van der Waals surface area contributed by atoms with Crippen molar-refractivity contribution in [1.82, 2.24) is 0 Å². The molecule has 0 aromatic rings. The molecule has 0 amide bonds. The molecule has 0 aliphatic carbocycles. The van der Waals surface area contributed by atoms with E-state index in [1.807, 2.05) is 0 Å². The van der Waals surface area contributed by atoms with E-state index in [1.165, 1.54) is 0 Å². The van der Waals surface area contributed by atoms with E-state index in [2.05, 4.69) is 11.6 Å². The Kier molecular flexibility index (Phi) is 7.14. The molecular weight excluding hydrogens is 246 g/mol. The maximum Gasteiger partial charge on any atom is 0.333 e. The summed E-state index contributed by atoms with van der Waals surface area (Å²) in [5, 5.41) is 0. The van der Waals surface area contributed by atoms with Crippen molar-refractivity contribution in [2.24, 2.45) is 16.5 Å². The molecule has 1 aliphatic rings. The number of hydrogen-bond donors (Lipinski definition) is 2. The molecule has 1 heterocycles. The highest BCUT2D eigenvalue weighted by Crippen LogP contribution is 2.08. The highest BCUT2D eigenvalue weighted by Gasteiger charge is 2.16. The van der Waals surface area contributed by atoms with Gasteiger partial charge in [-0.1, -0.05) is 13.0 Å². The van der Waals surface area contributed by atoms with Crippen LogP contribution >= 0.6 is 0 Å². The Balaban J connectivity index is 2.17. The number of carbonyl (C=O) groups is 1. The van der Waals surface area contributed by atoms with E-state index in [9.17, 15) is 4.79 Å². The minimum atomic E-state index is -0.438. The molecule has 0 aromatic heterocycles. The smallest absolute Gasteiger partial charge is 0.333 e. The number of hydrogen-bond acceptors (Lipinski definition) is 6. The summed E-state index contributed by atoms with van der Waals surface area (Å²) in [5.74, 6) is 0.113. The first-order valence-electron chi connectivity index (χ1n) is 6.60. The standard InChI is InChI=1S/C13H23N3O3/c1-10(8-12-16-6-7-18-12)13(17)19-9-11(15)4-2-3-5-14/h11H,1-9,14-15H2/t11-/m0/s1. The molecule has 108 valence electrons. The lowest BCUT2D eigenvalue weighted by Gasteiger charge is -2.12. The fraction of sp³-hybridized carbons (Fsp3) is 0.692. The molecule has 0 saturated carbocycles. The van der Waals surface area contributed by atoms with Gasteiger partial charge in [0.25, 0.3) is 0 Å². The number of nitrogens with two attached hydrogens (primary N) is 2. The van der Waals surface area contributed by atoms with Crippen molar-refractivity contribution in [1.29, 1.82) is 0 Å². The summed E-state index contributed by atoms with van der Waals surface area (Å²) in [6, 6.07) is -0.150. The highest BCUT2D eigenvalue weighted by molar-refractivity contribution is 5.94. The van der Waals surface area contributed by atoms with Crippen molar-refractivity contribution in [3.63, 3.8) is 0 Å². The monoisotopic (exact) mass is 269 g/mol. The number of unbranched alkanes of at least 4 members (excludes halogenated alkanes) is 1. The second-order valence-corrected chi connectivity index (χ2v) is 4.55. The maximum atomic E-state index is 11.7. The van der Waals surface area contributed by atoms with Crippen LogP contribution in [0.3, 0.4) is 0 Å². The first-order chi connectivity index (χ1) is 9.13. The van der Waals surface area contributed by atoms with E-state index in [4.69, 9.17) is 20.9 Å². The largest absolute Gasteiger partial charge is 0.479 e. The van der Waals surface area contributed by atoms with Gasteiger partial charge in [0.2, 0.25) is 0 Å². The first-order valence-corrected chi connectivity index (χ1v) is 6.60. The molecule has 1 aliphatic heterocycles. The van der Waals surface area contributed by atoms with Crippen LogP contribution in [0.5, 0.6) is 0 Å². The van der Waals surface area contributed by atoms with Crippen LogP contribution in [0.4, 0.5) is 0 Å². The summed E-state index contributed by atoms with van der Waals surface area (Å²) >= 11 is 0. The Hall–Kier alpha value is -1.40. The van der Waals surface area contributed by atoms with E-state index >= 15 is 0 Å². The number of aliphatic imine (C=N–C) groups is 1. The minimum Gasteiger partial charge on any atom is -0.479 e. The van der Waals surface area contributed by atoms with Crippen molar-refractivity contribution in [2.75, 3.05) is 26.3 Å². The van der Waals surface area contributed by atoms with Gasteiger partial charge in [-0.15, -0.1) is 0 Å². The average Bonchev–Trinajstić information content (AvgIpc) is 2.89. The fourth-order valence-corrected chi connectivity index (χ4v) is 1.66. The second-order valence-electron chi connectivity index (χ2n) is 4.55. The number of nitrogens with zero attached hydrogens (tertiary/aromatic N) is 1. The lowest BCUT2D eigenvalue weighted by atomic mass is 10.1. The summed E-state index contributed by atoms with van der Waals surface area (Å²) in [6.45, 7) is 5.76. The maximum absolute atomic E-state index is 11.7. The van der Waals surface area contributed by atoms with E-state index in [1.54, 1.807) is 0 Å². The number of esters is 1. The second kappa shape index (κ2) is 8.66. The van der Waals surface area contributed by atoms with Crippen LogP contribution in [0.25, 0.3) is 0 Å². The van der Waals surface area contributed by atoms with Gasteiger partial charge in [-0.05, 0) is 19.4 Å². The molecule has 0 spiro atoms. The van der Waals surface area contributed by atoms with Gasteiger partial charge in [0.05, 0.1) is 13.0 Å². The van der Waals surface area contributed by atoms with Crippen LogP contribution in [0.15, 0.2) is 17.1 Å². The third kappa shape index (κ3) is 6.35. The van der Waals surface area contributed by atoms with Crippen molar-refractivity contribution >= 4 is 11.9 Å². The Morgan fingerprint density at radius 2 is 2.32 bits per heavy atom. The predicted octanol–water partition coefficient (Wildman–Crippen LogP) is 0.361. The van der Waals surface area contributed by atoms with E-state index < -0.39 is 5.97 Å². The lowest BCUT2D eigenvalue weighted by Crippen LogP contribution is -2.28. The Labute approximate surface area is 113 Å². The Morgan fingerprint density at radius 1 is 1.53 bits per heavy atom. The molecular formula is C13H23N3O3. The van der Waals surface area contributed by atoms with Gasteiger partial charge in [-0.25, -0.2) is 4.79 Å². The molecule has 6 nitrogen and oxygen atoms in total. The number of rotatable bonds is 9. The van der Waals surface area contributed by atoms with E-state index in [0.29, 0.717) is 37.6 Å². The molecule has 0 saturated heterocycles. The summed E-state index contributed by atoms with van der Waals surface area (Å²) in [5.41, 5.74) is 11.6. The zero-order valence-corrected chi connectivity index (χ0v) is 11.3. The molecule has 0 fully saturated rings. The van der Waals surface area contributed by atoms with Gasteiger partial charge < -0.3 is 20.9 Å². The fourth-order valence-electron chi connectivity index (χ4n) is 1.66. The molecule has 19 heavy (non-hydrogen) atoms. The zero-order valence-electron chi connectivity index (χ0n) is 11.3. The summed E-state index contributed by atoms with van der Waals surface area (Å²) in [6.07, 6.45) is 2.99. The van der Waals surface area contributed by atoms with Gasteiger partial charge in [0.1, 0.15) is 13.2 Å². The van der Waals surface area contributed by atoms with Crippen molar-refractivity contribution in [2.45, 2.75) is 31.7 Å². The third-order valence-electron chi connectivity index (χ3n) is 2.76. The Bertz CT molecular complexity index is 342. The predicted molar refractivity (Wildman–Crippen MR) is 73.9 cm³/mol. The zero-order chi connectivity index (χ0) is 14.1. The first kappa shape index (κ1) is 15.7. The van der Waals surface area contributed by atoms with Crippen molar-refractivity contribution < 1.29 is 14.3 Å². The summed E-state index contributed by atoms with van der Waals surface area (Å²) in [7, 11) is 0. The van der Waals surface area contributed by atoms with Gasteiger partial charge in [0.15, 0.2) is 5.90 Å². The molecule has 4 N–H and O–H groups in total. The molecule has 1 atom stereocenters. The van der Waals surface area contributed by atoms with Crippen LogP contribution in [0.1, 0.15) is 25.7 Å². The van der Waals surface area contributed by atoms with Crippen LogP contribution in [0, 0.1) is 0 Å². The topological polar surface area (TPSA) is 99.9 Å². The average molecular weight is 269 g/mol.